The van der Waals surface area contributed by atoms with Crippen molar-refractivity contribution >= 4 is 17.2 Å². The van der Waals surface area contributed by atoms with Gasteiger partial charge in [-0.1, -0.05) is 12.1 Å². The number of nitrogens with zero attached hydrogens (tertiary/aromatic N) is 4. The molecule has 0 bridgehead atoms. The summed E-state index contributed by atoms with van der Waals surface area (Å²) in [5.41, 5.74) is 2.95. The molecule has 7 heteroatoms. The number of likely N-dealkylation sites (N-methyl/N-ethyl adjacent to an activating group) is 1. The second kappa shape index (κ2) is 8.04. The number of hydrogen-bond donors (Lipinski definition) is 1. The Morgan fingerprint density at radius 3 is 2.68 bits per heavy atom. The van der Waals surface area contributed by atoms with E-state index in [0.717, 1.165) is 5.56 Å². The molecule has 6 nitrogen and oxygen atoms in total. The third kappa shape index (κ3) is 4.52. The second-order valence-electron chi connectivity index (χ2n) is 6.04. The highest BCUT2D eigenvalue weighted by molar-refractivity contribution is 7.07. The van der Waals surface area contributed by atoms with E-state index in [1.54, 1.807) is 22.3 Å². The number of hydrogen-bond acceptors (Lipinski definition) is 5. The van der Waals surface area contributed by atoms with Crippen LogP contribution in [0.4, 0.5) is 0 Å². The van der Waals surface area contributed by atoms with Crippen LogP contribution in [0, 0.1) is 0 Å². The van der Waals surface area contributed by atoms with E-state index in [-0.39, 0.29) is 11.9 Å². The standard InChI is InChI=1S/C18H21N5OS/c1-22(2)17(16-7-8-25-11-16)9-20-18(24)15-5-3-14(4-6-15)10-23-13-19-12-21-23/h3-8,11-13,17H,9-10H2,1-2H3,(H,20,24)/t17-/m1/s1. The zero-order chi connectivity index (χ0) is 17.6. The number of nitrogens with one attached hydrogen (secondary N) is 1. The lowest BCUT2D eigenvalue weighted by Gasteiger charge is -2.24. The maximum Gasteiger partial charge on any atom is 0.251 e. The summed E-state index contributed by atoms with van der Waals surface area (Å²) < 4.78 is 1.75. The van der Waals surface area contributed by atoms with Gasteiger partial charge in [0.2, 0.25) is 0 Å². The van der Waals surface area contributed by atoms with Crippen LogP contribution in [0.1, 0.15) is 27.5 Å². The molecule has 0 spiro atoms. The first kappa shape index (κ1) is 17.3. The molecule has 1 atom stereocenters. The molecule has 0 saturated carbocycles. The van der Waals surface area contributed by atoms with Gasteiger partial charge in [-0.05, 0) is 54.2 Å². The fourth-order valence-electron chi connectivity index (χ4n) is 2.62. The Labute approximate surface area is 151 Å². The van der Waals surface area contributed by atoms with Crippen LogP contribution in [0.15, 0.2) is 53.7 Å². The number of carbonyl (C=O) groups excluding carboxylic acids is 1. The van der Waals surface area contributed by atoms with Crippen LogP contribution >= 0.6 is 11.3 Å². The van der Waals surface area contributed by atoms with Gasteiger partial charge in [-0.3, -0.25) is 4.79 Å². The van der Waals surface area contributed by atoms with Crippen molar-refractivity contribution in [3.63, 3.8) is 0 Å². The van der Waals surface area contributed by atoms with Crippen molar-refractivity contribution in [2.24, 2.45) is 0 Å². The summed E-state index contributed by atoms with van der Waals surface area (Å²) in [6.45, 7) is 1.21. The molecule has 0 fully saturated rings. The third-order valence-corrected chi connectivity index (χ3v) is 4.74. The van der Waals surface area contributed by atoms with Crippen molar-refractivity contribution < 1.29 is 4.79 Å². The Morgan fingerprint density at radius 2 is 2.08 bits per heavy atom. The number of rotatable bonds is 7. The second-order valence-corrected chi connectivity index (χ2v) is 6.82. The Hall–Kier alpha value is -2.51. The molecule has 0 saturated heterocycles. The van der Waals surface area contributed by atoms with Gasteiger partial charge in [-0.25, -0.2) is 9.67 Å². The molecular formula is C18H21N5OS. The molecule has 130 valence electrons. The highest BCUT2D eigenvalue weighted by Gasteiger charge is 2.16. The minimum absolute atomic E-state index is 0.0608. The van der Waals surface area contributed by atoms with Crippen LogP contribution in [0.5, 0.6) is 0 Å². The van der Waals surface area contributed by atoms with Gasteiger partial charge < -0.3 is 10.2 Å². The first-order valence-corrected chi connectivity index (χ1v) is 8.96. The largest absolute Gasteiger partial charge is 0.350 e. The zero-order valence-corrected chi connectivity index (χ0v) is 15.1. The summed E-state index contributed by atoms with van der Waals surface area (Å²) in [6.07, 6.45) is 3.18. The van der Waals surface area contributed by atoms with Gasteiger partial charge in [0, 0.05) is 12.1 Å². The average molecular weight is 355 g/mol. The molecule has 1 amide bonds. The Kier molecular flexibility index (Phi) is 5.57. The van der Waals surface area contributed by atoms with Gasteiger partial charge in [0.25, 0.3) is 5.91 Å². The lowest BCUT2D eigenvalue weighted by atomic mass is 10.1. The maximum atomic E-state index is 12.4. The molecule has 3 aromatic rings. The summed E-state index contributed by atoms with van der Waals surface area (Å²) >= 11 is 1.67. The lowest BCUT2D eigenvalue weighted by molar-refractivity contribution is 0.0942. The Bertz CT molecular complexity index is 782. The van der Waals surface area contributed by atoms with E-state index in [2.05, 4.69) is 37.1 Å². The van der Waals surface area contributed by atoms with Gasteiger partial charge in [-0.2, -0.15) is 16.4 Å². The summed E-state index contributed by atoms with van der Waals surface area (Å²) in [4.78, 5) is 18.5. The summed E-state index contributed by atoms with van der Waals surface area (Å²) in [6, 6.07) is 9.84. The fraction of sp³-hybridized carbons (Fsp3) is 0.278. The summed E-state index contributed by atoms with van der Waals surface area (Å²) in [5, 5.41) is 11.3. The zero-order valence-electron chi connectivity index (χ0n) is 14.3. The smallest absolute Gasteiger partial charge is 0.251 e. The van der Waals surface area contributed by atoms with Gasteiger partial charge in [0.15, 0.2) is 0 Å². The average Bonchev–Trinajstić information content (AvgIpc) is 3.29. The molecule has 3 rings (SSSR count). The van der Waals surface area contributed by atoms with E-state index in [1.165, 1.54) is 11.9 Å². The molecule has 0 aliphatic rings. The molecule has 0 radical (unpaired) electrons. The lowest BCUT2D eigenvalue weighted by Crippen LogP contribution is -2.34. The third-order valence-electron chi connectivity index (χ3n) is 4.03. The van der Waals surface area contributed by atoms with Crippen LogP contribution < -0.4 is 5.32 Å². The molecule has 0 aliphatic carbocycles. The molecule has 25 heavy (non-hydrogen) atoms. The quantitative estimate of drug-likeness (QED) is 0.707. The molecule has 1 N–H and O–H groups in total. The van der Waals surface area contributed by atoms with Crippen LogP contribution in [-0.2, 0) is 6.54 Å². The fourth-order valence-corrected chi connectivity index (χ4v) is 3.32. The predicted molar refractivity (Wildman–Crippen MR) is 98.6 cm³/mol. The predicted octanol–water partition coefficient (Wildman–Crippen LogP) is 2.42. The highest BCUT2D eigenvalue weighted by atomic mass is 32.1. The molecule has 2 aromatic heterocycles. The van der Waals surface area contributed by atoms with Crippen molar-refractivity contribution in [2.45, 2.75) is 12.6 Å². The Balaban J connectivity index is 1.59. The monoisotopic (exact) mass is 355 g/mol. The number of carbonyl (C=O) groups is 1. The topological polar surface area (TPSA) is 63.1 Å². The van der Waals surface area contributed by atoms with Crippen molar-refractivity contribution in [1.82, 2.24) is 25.0 Å². The highest BCUT2D eigenvalue weighted by Crippen LogP contribution is 2.20. The number of benzene rings is 1. The SMILES string of the molecule is CN(C)[C@H](CNC(=O)c1ccc(Cn2cncn2)cc1)c1ccsc1. The molecule has 2 heterocycles. The van der Waals surface area contributed by atoms with Gasteiger partial charge >= 0.3 is 0 Å². The maximum absolute atomic E-state index is 12.4. The van der Waals surface area contributed by atoms with E-state index >= 15 is 0 Å². The molecular weight excluding hydrogens is 334 g/mol. The molecule has 1 aromatic carbocycles. The van der Waals surface area contributed by atoms with Crippen LogP contribution in [0.3, 0.4) is 0 Å². The van der Waals surface area contributed by atoms with Crippen molar-refractivity contribution in [2.75, 3.05) is 20.6 Å². The number of thiophene rings is 1. The van der Waals surface area contributed by atoms with Crippen LogP contribution in [0.25, 0.3) is 0 Å². The molecule has 0 aliphatic heterocycles. The van der Waals surface area contributed by atoms with Crippen LogP contribution in [-0.4, -0.2) is 46.2 Å². The minimum atomic E-state index is -0.0608. The van der Waals surface area contributed by atoms with Crippen LogP contribution in [0.2, 0.25) is 0 Å². The number of aromatic nitrogens is 3. The summed E-state index contributed by atoms with van der Waals surface area (Å²) in [5.74, 6) is -0.0608. The number of amides is 1. The van der Waals surface area contributed by atoms with Gasteiger partial charge in [0.05, 0.1) is 12.6 Å². The van der Waals surface area contributed by atoms with E-state index in [1.807, 2.05) is 38.4 Å². The first-order valence-electron chi connectivity index (χ1n) is 8.01. The summed E-state index contributed by atoms with van der Waals surface area (Å²) in [7, 11) is 4.04. The van der Waals surface area contributed by atoms with Gasteiger partial charge in [0.1, 0.15) is 12.7 Å². The molecule has 0 unspecified atom stereocenters. The minimum Gasteiger partial charge on any atom is -0.350 e. The van der Waals surface area contributed by atoms with E-state index < -0.39 is 0 Å². The normalized spacial score (nSPS) is 12.3. The van der Waals surface area contributed by atoms with E-state index in [4.69, 9.17) is 0 Å². The van der Waals surface area contributed by atoms with E-state index in [9.17, 15) is 4.79 Å². The Morgan fingerprint density at radius 1 is 1.28 bits per heavy atom. The van der Waals surface area contributed by atoms with E-state index in [0.29, 0.717) is 18.7 Å². The first-order chi connectivity index (χ1) is 12.1. The van der Waals surface area contributed by atoms with Gasteiger partial charge in [-0.15, -0.1) is 0 Å². The van der Waals surface area contributed by atoms with Crippen molar-refractivity contribution in [3.05, 3.63) is 70.4 Å². The van der Waals surface area contributed by atoms with Crippen molar-refractivity contribution in [3.8, 4) is 0 Å². The van der Waals surface area contributed by atoms with Crippen molar-refractivity contribution in [1.29, 1.82) is 0 Å².